The molecule has 0 radical (unpaired) electrons. The summed E-state index contributed by atoms with van der Waals surface area (Å²) in [4.78, 5) is 0. The van der Waals surface area contributed by atoms with Crippen molar-refractivity contribution in [1.82, 2.24) is 0 Å². The standard InChI is InChI=1S/C7H10O/c1-3-4-8-7-5-6(7)2/h1,6-7H,4-5H2,2H3. The van der Waals surface area contributed by atoms with Crippen molar-refractivity contribution in [2.45, 2.75) is 19.4 Å². The molecule has 1 aliphatic rings. The Kier molecular flexibility index (Phi) is 1.55. The van der Waals surface area contributed by atoms with Crippen LogP contribution in [0.15, 0.2) is 0 Å². The van der Waals surface area contributed by atoms with E-state index >= 15 is 0 Å². The molecule has 1 rings (SSSR count). The summed E-state index contributed by atoms with van der Waals surface area (Å²) in [7, 11) is 0. The van der Waals surface area contributed by atoms with E-state index in [0.717, 1.165) is 5.92 Å². The zero-order valence-electron chi connectivity index (χ0n) is 5.05. The van der Waals surface area contributed by atoms with E-state index in [2.05, 4.69) is 12.8 Å². The lowest BCUT2D eigenvalue weighted by molar-refractivity contribution is 0.142. The van der Waals surface area contributed by atoms with Crippen LogP contribution in [0.1, 0.15) is 13.3 Å². The van der Waals surface area contributed by atoms with Crippen molar-refractivity contribution < 1.29 is 4.74 Å². The van der Waals surface area contributed by atoms with E-state index < -0.39 is 0 Å². The van der Waals surface area contributed by atoms with Gasteiger partial charge < -0.3 is 4.74 Å². The molecule has 1 nitrogen and oxygen atoms in total. The second-order valence-electron chi connectivity index (χ2n) is 2.27. The Hall–Kier alpha value is -0.480. The lowest BCUT2D eigenvalue weighted by Crippen LogP contribution is -1.94. The maximum atomic E-state index is 5.18. The first kappa shape index (κ1) is 5.65. The summed E-state index contributed by atoms with van der Waals surface area (Å²) in [6, 6.07) is 0. The van der Waals surface area contributed by atoms with Crippen molar-refractivity contribution in [3.8, 4) is 12.3 Å². The highest BCUT2D eigenvalue weighted by Gasteiger charge is 2.33. The van der Waals surface area contributed by atoms with Crippen molar-refractivity contribution in [1.29, 1.82) is 0 Å². The number of ether oxygens (including phenoxy) is 1. The molecule has 0 spiro atoms. The minimum Gasteiger partial charge on any atom is -0.365 e. The van der Waals surface area contributed by atoms with Crippen molar-refractivity contribution in [2.75, 3.05) is 6.61 Å². The smallest absolute Gasteiger partial charge is 0.107 e. The van der Waals surface area contributed by atoms with Crippen molar-refractivity contribution in [3.05, 3.63) is 0 Å². The van der Waals surface area contributed by atoms with Gasteiger partial charge in [0.25, 0.3) is 0 Å². The van der Waals surface area contributed by atoms with Crippen LogP contribution in [0, 0.1) is 18.3 Å². The molecule has 0 aromatic carbocycles. The van der Waals surface area contributed by atoms with Gasteiger partial charge in [-0.3, -0.25) is 0 Å². The molecule has 8 heavy (non-hydrogen) atoms. The molecule has 0 heterocycles. The molecule has 1 aliphatic carbocycles. The summed E-state index contributed by atoms with van der Waals surface area (Å²) >= 11 is 0. The van der Waals surface area contributed by atoms with Gasteiger partial charge in [-0.25, -0.2) is 0 Å². The van der Waals surface area contributed by atoms with Crippen LogP contribution < -0.4 is 0 Å². The van der Waals surface area contributed by atoms with Crippen molar-refractivity contribution >= 4 is 0 Å². The van der Waals surface area contributed by atoms with Gasteiger partial charge in [0.2, 0.25) is 0 Å². The molecule has 1 saturated carbocycles. The van der Waals surface area contributed by atoms with Crippen LogP contribution in [0.2, 0.25) is 0 Å². The predicted octanol–water partition coefficient (Wildman–Crippen LogP) is 1.04. The highest BCUT2D eigenvalue weighted by molar-refractivity contribution is 4.88. The molecule has 1 heteroatoms. The quantitative estimate of drug-likeness (QED) is 0.483. The van der Waals surface area contributed by atoms with Crippen molar-refractivity contribution in [2.24, 2.45) is 5.92 Å². The number of terminal acetylenes is 1. The van der Waals surface area contributed by atoms with Gasteiger partial charge in [-0.2, -0.15) is 0 Å². The topological polar surface area (TPSA) is 9.23 Å². The highest BCUT2D eigenvalue weighted by atomic mass is 16.5. The number of hydrogen-bond donors (Lipinski definition) is 0. The molecule has 0 amide bonds. The SMILES string of the molecule is C#CCOC1CC1C. The molecule has 0 aromatic rings. The first-order valence-electron chi connectivity index (χ1n) is 2.89. The van der Waals surface area contributed by atoms with Crippen LogP contribution >= 0.6 is 0 Å². The molecule has 0 bridgehead atoms. The fraction of sp³-hybridized carbons (Fsp3) is 0.714. The fourth-order valence-corrected chi connectivity index (χ4v) is 0.675. The molecule has 1 fully saturated rings. The Balaban J connectivity index is 1.99. The largest absolute Gasteiger partial charge is 0.365 e. The van der Waals surface area contributed by atoms with Crippen LogP contribution in [0.3, 0.4) is 0 Å². The second kappa shape index (κ2) is 2.19. The zero-order valence-corrected chi connectivity index (χ0v) is 5.05. The van der Waals surface area contributed by atoms with Crippen LogP contribution in [0.5, 0.6) is 0 Å². The maximum Gasteiger partial charge on any atom is 0.107 e. The lowest BCUT2D eigenvalue weighted by atomic mass is 10.5. The molecule has 2 unspecified atom stereocenters. The third kappa shape index (κ3) is 1.24. The summed E-state index contributed by atoms with van der Waals surface area (Å²) in [5, 5.41) is 0. The third-order valence-electron chi connectivity index (χ3n) is 1.42. The Morgan fingerprint density at radius 1 is 1.88 bits per heavy atom. The van der Waals surface area contributed by atoms with E-state index in [1.807, 2.05) is 0 Å². The van der Waals surface area contributed by atoms with Gasteiger partial charge in [0.05, 0.1) is 6.10 Å². The summed E-state index contributed by atoms with van der Waals surface area (Å²) < 4.78 is 5.18. The van der Waals surface area contributed by atoms with Gasteiger partial charge in [-0.15, -0.1) is 6.42 Å². The van der Waals surface area contributed by atoms with Gasteiger partial charge in [-0.05, 0) is 12.3 Å². The normalized spacial score (nSPS) is 34.0. The van der Waals surface area contributed by atoms with E-state index in [-0.39, 0.29) is 0 Å². The third-order valence-corrected chi connectivity index (χ3v) is 1.42. The molecular formula is C7H10O. The molecule has 0 saturated heterocycles. The maximum absolute atomic E-state index is 5.18. The van der Waals surface area contributed by atoms with Gasteiger partial charge in [-0.1, -0.05) is 12.8 Å². The molecule has 0 aliphatic heterocycles. The number of rotatable bonds is 2. The Morgan fingerprint density at radius 3 is 2.88 bits per heavy atom. The van der Waals surface area contributed by atoms with Crippen LogP contribution in [-0.2, 0) is 4.74 Å². The zero-order chi connectivity index (χ0) is 5.98. The van der Waals surface area contributed by atoms with E-state index in [9.17, 15) is 0 Å². The molecule has 2 atom stereocenters. The predicted molar refractivity (Wildman–Crippen MR) is 32.4 cm³/mol. The van der Waals surface area contributed by atoms with Gasteiger partial charge in [0.1, 0.15) is 6.61 Å². The fourth-order valence-electron chi connectivity index (χ4n) is 0.675. The average Bonchev–Trinajstić information content (AvgIpc) is 2.42. The summed E-state index contributed by atoms with van der Waals surface area (Å²) in [6.45, 7) is 2.65. The minimum atomic E-state index is 0.478. The molecule has 44 valence electrons. The average molecular weight is 110 g/mol. The summed E-state index contributed by atoms with van der Waals surface area (Å²) in [6.07, 6.45) is 6.65. The van der Waals surface area contributed by atoms with E-state index in [1.165, 1.54) is 6.42 Å². The Morgan fingerprint density at radius 2 is 2.50 bits per heavy atom. The summed E-state index contributed by atoms with van der Waals surface area (Å²) in [5.41, 5.74) is 0. The Labute approximate surface area is 50.0 Å². The van der Waals surface area contributed by atoms with E-state index in [4.69, 9.17) is 11.2 Å². The van der Waals surface area contributed by atoms with E-state index in [0.29, 0.717) is 12.7 Å². The first-order valence-corrected chi connectivity index (χ1v) is 2.89. The van der Waals surface area contributed by atoms with Crippen LogP contribution in [0.25, 0.3) is 0 Å². The van der Waals surface area contributed by atoms with E-state index in [1.54, 1.807) is 0 Å². The van der Waals surface area contributed by atoms with Gasteiger partial charge >= 0.3 is 0 Å². The van der Waals surface area contributed by atoms with Crippen LogP contribution in [-0.4, -0.2) is 12.7 Å². The molecule has 0 N–H and O–H groups in total. The van der Waals surface area contributed by atoms with Crippen molar-refractivity contribution in [3.63, 3.8) is 0 Å². The van der Waals surface area contributed by atoms with Crippen LogP contribution in [0.4, 0.5) is 0 Å². The Bertz CT molecular complexity index is 112. The molecule has 0 aromatic heterocycles. The lowest BCUT2D eigenvalue weighted by Gasteiger charge is -1.92. The molecular weight excluding hydrogens is 100 g/mol. The van der Waals surface area contributed by atoms with Gasteiger partial charge in [0, 0.05) is 0 Å². The minimum absolute atomic E-state index is 0.478. The summed E-state index contributed by atoms with van der Waals surface area (Å²) in [5.74, 6) is 3.19. The van der Waals surface area contributed by atoms with Gasteiger partial charge in [0.15, 0.2) is 0 Å². The first-order chi connectivity index (χ1) is 3.84. The highest BCUT2D eigenvalue weighted by Crippen LogP contribution is 2.32. The second-order valence-corrected chi connectivity index (χ2v) is 2.27. The monoisotopic (exact) mass is 110 g/mol. The number of hydrogen-bond acceptors (Lipinski definition) is 1.